The molecule has 0 aliphatic rings. The van der Waals surface area contributed by atoms with Crippen LogP contribution in [0.2, 0.25) is 0 Å². The van der Waals surface area contributed by atoms with Crippen molar-refractivity contribution in [1.29, 1.82) is 0 Å². The summed E-state index contributed by atoms with van der Waals surface area (Å²) < 4.78 is 27.8. The second kappa shape index (κ2) is 6.33. The van der Waals surface area contributed by atoms with E-state index in [1.54, 1.807) is 12.1 Å². The van der Waals surface area contributed by atoms with E-state index in [2.05, 4.69) is 11.5 Å². The Balaban J connectivity index is 2.34. The Hall–Kier alpha value is -1.78. The number of benzene rings is 2. The molecular weight excluding hydrogens is 270 g/mol. The van der Waals surface area contributed by atoms with E-state index in [4.69, 9.17) is 5.84 Å². The zero-order valence-electron chi connectivity index (χ0n) is 12.5. The van der Waals surface area contributed by atoms with Crippen molar-refractivity contribution in [3.8, 4) is 0 Å². The standard InChI is InChI=1S/C17H20F2N2/c1-10-6-11(2)8-13(7-10)9-15(21-20)14-5-4-12(3)16(18)17(14)19/h4-8,15,21H,9,20H2,1-3H3. The van der Waals surface area contributed by atoms with Gasteiger partial charge in [-0.25, -0.2) is 8.78 Å². The molecule has 0 aromatic heterocycles. The first kappa shape index (κ1) is 15.6. The maximum Gasteiger partial charge on any atom is 0.163 e. The Kier molecular flexibility index (Phi) is 4.70. The first-order valence-corrected chi connectivity index (χ1v) is 6.90. The van der Waals surface area contributed by atoms with Crippen LogP contribution in [0.15, 0.2) is 30.3 Å². The van der Waals surface area contributed by atoms with Crippen LogP contribution in [0.3, 0.4) is 0 Å². The molecule has 2 aromatic rings. The Morgan fingerprint density at radius 3 is 2.19 bits per heavy atom. The van der Waals surface area contributed by atoms with Crippen molar-refractivity contribution in [3.63, 3.8) is 0 Å². The van der Waals surface area contributed by atoms with Gasteiger partial charge in [0.05, 0.1) is 6.04 Å². The van der Waals surface area contributed by atoms with Gasteiger partial charge in [0.1, 0.15) is 0 Å². The summed E-state index contributed by atoms with van der Waals surface area (Å²) in [5.41, 5.74) is 6.44. The molecule has 0 saturated carbocycles. The van der Waals surface area contributed by atoms with Gasteiger partial charge in [0.2, 0.25) is 0 Å². The first-order valence-electron chi connectivity index (χ1n) is 6.90. The van der Waals surface area contributed by atoms with Crippen LogP contribution in [0.25, 0.3) is 0 Å². The molecule has 0 spiro atoms. The number of aryl methyl sites for hydroxylation is 3. The van der Waals surface area contributed by atoms with Crippen molar-refractivity contribution in [2.24, 2.45) is 5.84 Å². The van der Waals surface area contributed by atoms with Crippen LogP contribution in [0.4, 0.5) is 8.78 Å². The number of hydrazine groups is 1. The van der Waals surface area contributed by atoms with Gasteiger partial charge in [-0.2, -0.15) is 0 Å². The number of nitrogens with one attached hydrogen (secondary N) is 1. The third kappa shape index (κ3) is 3.46. The summed E-state index contributed by atoms with van der Waals surface area (Å²) in [5.74, 6) is 3.90. The molecule has 1 atom stereocenters. The molecule has 1 unspecified atom stereocenters. The maximum absolute atomic E-state index is 14.1. The van der Waals surface area contributed by atoms with Crippen LogP contribution < -0.4 is 11.3 Å². The van der Waals surface area contributed by atoms with E-state index in [1.165, 1.54) is 6.92 Å². The average Bonchev–Trinajstić information content (AvgIpc) is 2.42. The minimum Gasteiger partial charge on any atom is -0.271 e. The number of hydrogen-bond donors (Lipinski definition) is 2. The third-order valence-electron chi connectivity index (χ3n) is 3.60. The molecule has 2 rings (SSSR count). The first-order chi connectivity index (χ1) is 9.92. The van der Waals surface area contributed by atoms with E-state index < -0.39 is 17.7 Å². The third-order valence-corrected chi connectivity index (χ3v) is 3.60. The van der Waals surface area contributed by atoms with Gasteiger partial charge in [0.15, 0.2) is 11.6 Å². The summed E-state index contributed by atoms with van der Waals surface area (Å²) in [6.45, 7) is 5.55. The Morgan fingerprint density at radius 2 is 1.62 bits per heavy atom. The number of halogens is 2. The van der Waals surface area contributed by atoms with Crippen molar-refractivity contribution in [1.82, 2.24) is 5.43 Å². The van der Waals surface area contributed by atoms with E-state index in [0.717, 1.165) is 16.7 Å². The van der Waals surface area contributed by atoms with Crippen molar-refractivity contribution >= 4 is 0 Å². The zero-order valence-corrected chi connectivity index (χ0v) is 12.5. The molecule has 0 amide bonds. The Morgan fingerprint density at radius 1 is 1.00 bits per heavy atom. The van der Waals surface area contributed by atoms with Crippen LogP contribution >= 0.6 is 0 Å². The summed E-state index contributed by atoms with van der Waals surface area (Å²) in [6, 6.07) is 8.81. The lowest BCUT2D eigenvalue weighted by molar-refractivity contribution is 0.461. The molecule has 112 valence electrons. The van der Waals surface area contributed by atoms with E-state index in [1.807, 2.05) is 26.0 Å². The molecule has 2 aromatic carbocycles. The monoisotopic (exact) mass is 290 g/mol. The van der Waals surface area contributed by atoms with Gasteiger partial charge in [0.25, 0.3) is 0 Å². The highest BCUT2D eigenvalue weighted by Crippen LogP contribution is 2.25. The highest BCUT2D eigenvalue weighted by molar-refractivity contribution is 5.32. The van der Waals surface area contributed by atoms with E-state index in [9.17, 15) is 8.78 Å². The number of hydrogen-bond acceptors (Lipinski definition) is 2. The molecule has 4 heteroatoms. The predicted molar refractivity (Wildman–Crippen MR) is 80.8 cm³/mol. The van der Waals surface area contributed by atoms with Gasteiger partial charge in [-0.05, 0) is 38.3 Å². The van der Waals surface area contributed by atoms with Gasteiger partial charge < -0.3 is 0 Å². The van der Waals surface area contributed by atoms with Gasteiger partial charge in [0, 0.05) is 5.56 Å². The van der Waals surface area contributed by atoms with Gasteiger partial charge in [-0.3, -0.25) is 11.3 Å². The Bertz CT molecular complexity index is 633. The topological polar surface area (TPSA) is 38.0 Å². The zero-order chi connectivity index (χ0) is 15.6. The predicted octanol–water partition coefficient (Wildman–Crippen LogP) is 3.64. The number of rotatable bonds is 4. The fraction of sp³-hybridized carbons (Fsp3) is 0.294. The quantitative estimate of drug-likeness (QED) is 0.666. The van der Waals surface area contributed by atoms with Crippen LogP contribution in [0.5, 0.6) is 0 Å². The maximum atomic E-state index is 14.1. The molecule has 0 aliphatic carbocycles. The second-order valence-electron chi connectivity index (χ2n) is 5.52. The van der Waals surface area contributed by atoms with Crippen LogP contribution in [-0.4, -0.2) is 0 Å². The van der Waals surface area contributed by atoms with Gasteiger partial charge >= 0.3 is 0 Å². The molecular formula is C17H20F2N2. The molecule has 3 N–H and O–H groups in total. The minimum absolute atomic E-state index is 0.250. The highest BCUT2D eigenvalue weighted by atomic mass is 19.2. The molecule has 0 bridgehead atoms. The van der Waals surface area contributed by atoms with Gasteiger partial charge in [-0.1, -0.05) is 41.5 Å². The fourth-order valence-corrected chi connectivity index (χ4v) is 2.61. The summed E-state index contributed by atoms with van der Waals surface area (Å²) in [4.78, 5) is 0. The summed E-state index contributed by atoms with van der Waals surface area (Å²) in [6.07, 6.45) is 0.498. The van der Waals surface area contributed by atoms with Crippen molar-refractivity contribution in [2.75, 3.05) is 0 Å². The summed E-state index contributed by atoms with van der Waals surface area (Å²) >= 11 is 0. The summed E-state index contributed by atoms with van der Waals surface area (Å²) in [5, 5.41) is 0. The average molecular weight is 290 g/mol. The van der Waals surface area contributed by atoms with E-state index >= 15 is 0 Å². The lowest BCUT2D eigenvalue weighted by Gasteiger charge is -2.18. The van der Waals surface area contributed by atoms with E-state index in [0.29, 0.717) is 12.0 Å². The van der Waals surface area contributed by atoms with Crippen LogP contribution in [-0.2, 0) is 6.42 Å². The minimum atomic E-state index is -0.831. The molecule has 0 heterocycles. The lowest BCUT2D eigenvalue weighted by atomic mass is 9.96. The molecule has 0 fully saturated rings. The molecule has 21 heavy (non-hydrogen) atoms. The largest absolute Gasteiger partial charge is 0.271 e. The van der Waals surface area contributed by atoms with Crippen molar-refractivity contribution in [3.05, 3.63) is 69.8 Å². The van der Waals surface area contributed by atoms with Crippen molar-refractivity contribution < 1.29 is 8.78 Å². The Labute approximate surface area is 124 Å². The van der Waals surface area contributed by atoms with Crippen LogP contribution in [0, 0.1) is 32.4 Å². The highest BCUT2D eigenvalue weighted by Gasteiger charge is 2.19. The smallest absolute Gasteiger partial charge is 0.163 e. The normalized spacial score (nSPS) is 12.5. The SMILES string of the molecule is Cc1cc(C)cc(CC(NN)c2ccc(C)c(F)c2F)c1. The molecule has 0 aliphatic heterocycles. The van der Waals surface area contributed by atoms with E-state index in [-0.39, 0.29) is 5.56 Å². The van der Waals surface area contributed by atoms with Crippen molar-refractivity contribution in [2.45, 2.75) is 33.2 Å². The molecule has 0 radical (unpaired) electrons. The molecule has 0 saturated heterocycles. The van der Waals surface area contributed by atoms with Crippen LogP contribution in [0.1, 0.15) is 33.9 Å². The second-order valence-corrected chi connectivity index (χ2v) is 5.52. The summed E-state index contributed by atoms with van der Waals surface area (Å²) in [7, 11) is 0. The van der Waals surface area contributed by atoms with Gasteiger partial charge in [-0.15, -0.1) is 0 Å². The number of nitrogens with two attached hydrogens (primary N) is 1. The molecule has 2 nitrogen and oxygen atoms in total. The lowest BCUT2D eigenvalue weighted by Crippen LogP contribution is -2.30. The fourth-order valence-electron chi connectivity index (χ4n) is 2.61.